The van der Waals surface area contributed by atoms with E-state index in [1.165, 1.54) is 28.4 Å². The predicted molar refractivity (Wildman–Crippen MR) is 146 cm³/mol. The molecule has 2 atom stereocenters. The van der Waals surface area contributed by atoms with Crippen LogP contribution in [0, 0.1) is 0 Å². The highest BCUT2D eigenvalue weighted by Gasteiger charge is 2.48. The van der Waals surface area contributed by atoms with Crippen molar-refractivity contribution in [2.45, 2.75) is 55.9 Å². The number of methoxy groups -OCH3 is 4. The first kappa shape index (κ1) is 30.4. The van der Waals surface area contributed by atoms with E-state index in [0.717, 1.165) is 12.0 Å². The summed E-state index contributed by atoms with van der Waals surface area (Å²) in [6.07, 6.45) is 2.36. The van der Waals surface area contributed by atoms with E-state index in [0.29, 0.717) is 42.1 Å². The third-order valence-corrected chi connectivity index (χ3v) is 8.91. The van der Waals surface area contributed by atoms with Gasteiger partial charge in [0.05, 0.1) is 40.8 Å². The monoisotopic (exact) mass is 565 g/mol. The molecule has 0 saturated heterocycles. The molecule has 0 aromatic heterocycles. The molecule has 1 amide bonds. The Morgan fingerprint density at radius 2 is 1.56 bits per heavy atom. The van der Waals surface area contributed by atoms with Crippen molar-refractivity contribution in [1.82, 2.24) is 0 Å². The Labute approximate surface area is 230 Å². The molecular weight excluding hydrogens is 526 g/mol. The SMILES string of the molecule is CCCS(=O)(=O)c1cc(C2(OCC(N)=O)CCCC2c2cc(OC)c(OC)c(OC)c2)cc(OC)c1OCC. The Morgan fingerprint density at radius 3 is 2.08 bits per heavy atom. The van der Waals surface area contributed by atoms with Gasteiger partial charge in [0.25, 0.3) is 0 Å². The first-order chi connectivity index (χ1) is 18.6. The fraction of sp³-hybridized carbons (Fsp3) is 0.536. The number of primary amides is 1. The molecular formula is C28H39NO9S. The molecule has 0 aliphatic heterocycles. The zero-order valence-corrected chi connectivity index (χ0v) is 24.3. The fourth-order valence-corrected chi connectivity index (χ4v) is 6.89. The Kier molecular flexibility index (Phi) is 9.95. The number of carbonyl (C=O) groups is 1. The molecule has 1 aliphatic carbocycles. The first-order valence-corrected chi connectivity index (χ1v) is 14.6. The van der Waals surface area contributed by atoms with Crippen LogP contribution in [0.2, 0.25) is 0 Å². The highest BCUT2D eigenvalue weighted by Crippen LogP contribution is 2.55. The summed E-state index contributed by atoms with van der Waals surface area (Å²) >= 11 is 0. The zero-order valence-electron chi connectivity index (χ0n) is 23.5. The van der Waals surface area contributed by atoms with Crippen LogP contribution < -0.4 is 29.4 Å². The minimum absolute atomic E-state index is 0.0261. The smallest absolute Gasteiger partial charge is 0.243 e. The quantitative estimate of drug-likeness (QED) is 0.361. The summed E-state index contributed by atoms with van der Waals surface area (Å²) in [4.78, 5) is 12.0. The standard InChI is InChI=1S/C28H39NO9S/c1-7-12-39(31,32)24-16-19(15-23(35-5)27(24)37-8-2)28(38-17-25(29)30)11-9-10-20(28)18-13-21(33-3)26(36-6)22(14-18)34-4/h13-16,20H,7-12,17H2,1-6H3,(H2,29,30). The topological polar surface area (TPSA) is 133 Å². The number of hydrogen-bond acceptors (Lipinski definition) is 9. The van der Waals surface area contributed by atoms with Crippen molar-refractivity contribution in [3.8, 4) is 28.7 Å². The number of amides is 1. The summed E-state index contributed by atoms with van der Waals surface area (Å²) in [5, 5.41) is 0. The van der Waals surface area contributed by atoms with E-state index in [1.807, 2.05) is 12.1 Å². The Hall–Kier alpha value is -3.18. The van der Waals surface area contributed by atoms with Crippen molar-refractivity contribution in [3.05, 3.63) is 35.4 Å². The number of hydrogen-bond donors (Lipinski definition) is 1. The minimum atomic E-state index is -3.73. The van der Waals surface area contributed by atoms with Gasteiger partial charge in [0.2, 0.25) is 11.7 Å². The van der Waals surface area contributed by atoms with Crippen molar-refractivity contribution in [2.24, 2.45) is 5.73 Å². The lowest BCUT2D eigenvalue weighted by Gasteiger charge is -2.37. The Balaban J connectivity index is 2.33. The molecule has 1 fully saturated rings. The van der Waals surface area contributed by atoms with Gasteiger partial charge >= 0.3 is 0 Å². The molecule has 1 saturated carbocycles. The van der Waals surface area contributed by atoms with E-state index < -0.39 is 21.3 Å². The molecule has 0 heterocycles. The van der Waals surface area contributed by atoms with Crippen LogP contribution in [0.5, 0.6) is 28.7 Å². The van der Waals surface area contributed by atoms with Gasteiger partial charge in [0.1, 0.15) is 17.1 Å². The third kappa shape index (κ3) is 6.04. The van der Waals surface area contributed by atoms with Crippen LogP contribution in [0.25, 0.3) is 0 Å². The summed E-state index contributed by atoms with van der Waals surface area (Å²) < 4.78 is 61.3. The van der Waals surface area contributed by atoms with Gasteiger partial charge in [-0.3, -0.25) is 4.79 Å². The molecule has 0 radical (unpaired) electrons. The zero-order chi connectivity index (χ0) is 28.8. The van der Waals surface area contributed by atoms with Gasteiger partial charge in [0, 0.05) is 5.92 Å². The molecule has 11 heteroatoms. The summed E-state index contributed by atoms with van der Waals surface area (Å²) in [7, 11) is 2.33. The van der Waals surface area contributed by atoms with Gasteiger partial charge in [0.15, 0.2) is 32.8 Å². The van der Waals surface area contributed by atoms with Crippen LogP contribution in [-0.4, -0.2) is 61.7 Å². The predicted octanol–water partition coefficient (Wildman–Crippen LogP) is 3.97. The average molecular weight is 566 g/mol. The molecule has 39 heavy (non-hydrogen) atoms. The van der Waals surface area contributed by atoms with Crippen LogP contribution >= 0.6 is 0 Å². The lowest BCUT2D eigenvalue weighted by molar-refractivity contribution is -0.132. The third-order valence-electron chi connectivity index (χ3n) is 6.99. The second-order valence-corrected chi connectivity index (χ2v) is 11.4. The molecule has 2 aromatic rings. The van der Waals surface area contributed by atoms with Crippen LogP contribution in [0.4, 0.5) is 0 Å². The van der Waals surface area contributed by atoms with Gasteiger partial charge in [-0.25, -0.2) is 8.42 Å². The Morgan fingerprint density at radius 1 is 0.949 bits per heavy atom. The maximum absolute atomic E-state index is 13.4. The highest BCUT2D eigenvalue weighted by atomic mass is 32.2. The van der Waals surface area contributed by atoms with Crippen molar-refractivity contribution in [1.29, 1.82) is 0 Å². The molecule has 10 nitrogen and oxygen atoms in total. The normalized spacial score (nSPS) is 19.0. The van der Waals surface area contributed by atoms with Crippen LogP contribution in [0.1, 0.15) is 56.6 Å². The molecule has 2 aromatic carbocycles. The number of benzene rings is 2. The first-order valence-electron chi connectivity index (χ1n) is 12.9. The Bertz CT molecular complexity index is 1250. The molecule has 0 spiro atoms. The molecule has 0 bridgehead atoms. The highest BCUT2D eigenvalue weighted by molar-refractivity contribution is 7.91. The number of sulfone groups is 1. The van der Waals surface area contributed by atoms with E-state index in [-0.39, 0.29) is 41.3 Å². The van der Waals surface area contributed by atoms with Crippen molar-refractivity contribution in [3.63, 3.8) is 0 Å². The van der Waals surface area contributed by atoms with Gasteiger partial charge in [-0.05, 0) is 68.0 Å². The fourth-order valence-electron chi connectivity index (χ4n) is 5.39. The summed E-state index contributed by atoms with van der Waals surface area (Å²) in [6.45, 7) is 3.47. The number of carbonyl (C=O) groups excluding carboxylic acids is 1. The second kappa shape index (κ2) is 12.8. The van der Waals surface area contributed by atoms with Crippen LogP contribution in [0.15, 0.2) is 29.2 Å². The van der Waals surface area contributed by atoms with Crippen LogP contribution in [-0.2, 0) is 25.0 Å². The lowest BCUT2D eigenvalue weighted by atomic mass is 9.79. The number of ether oxygens (including phenoxy) is 6. The van der Waals surface area contributed by atoms with Gasteiger partial charge < -0.3 is 34.2 Å². The summed E-state index contributed by atoms with van der Waals surface area (Å²) in [5.41, 5.74) is 5.78. The summed E-state index contributed by atoms with van der Waals surface area (Å²) in [6, 6.07) is 7.02. The summed E-state index contributed by atoms with van der Waals surface area (Å²) in [5.74, 6) is 0.797. The number of rotatable bonds is 14. The van der Waals surface area contributed by atoms with Crippen molar-refractivity contribution < 1.29 is 41.6 Å². The van der Waals surface area contributed by atoms with E-state index in [4.69, 9.17) is 34.2 Å². The minimum Gasteiger partial charge on any atom is -0.493 e. The number of nitrogens with two attached hydrogens (primary N) is 1. The van der Waals surface area contributed by atoms with E-state index in [1.54, 1.807) is 26.0 Å². The maximum Gasteiger partial charge on any atom is 0.243 e. The van der Waals surface area contributed by atoms with Crippen molar-refractivity contribution >= 4 is 15.7 Å². The van der Waals surface area contributed by atoms with Crippen LogP contribution in [0.3, 0.4) is 0 Å². The molecule has 1 aliphatic rings. The largest absolute Gasteiger partial charge is 0.493 e. The molecule has 2 unspecified atom stereocenters. The van der Waals surface area contributed by atoms with Gasteiger partial charge in [-0.2, -0.15) is 0 Å². The maximum atomic E-state index is 13.4. The molecule has 3 rings (SSSR count). The molecule has 216 valence electrons. The second-order valence-electron chi connectivity index (χ2n) is 9.31. The lowest BCUT2D eigenvalue weighted by Crippen LogP contribution is -2.36. The van der Waals surface area contributed by atoms with E-state index in [2.05, 4.69) is 0 Å². The van der Waals surface area contributed by atoms with Gasteiger partial charge in [-0.1, -0.05) is 6.92 Å². The average Bonchev–Trinajstić information content (AvgIpc) is 3.36. The van der Waals surface area contributed by atoms with Gasteiger partial charge in [-0.15, -0.1) is 0 Å². The van der Waals surface area contributed by atoms with Crippen molar-refractivity contribution in [2.75, 3.05) is 47.4 Å². The van der Waals surface area contributed by atoms with E-state index >= 15 is 0 Å². The van der Waals surface area contributed by atoms with E-state index in [9.17, 15) is 13.2 Å². The molecule has 2 N–H and O–H groups in total.